The molecule has 1 aromatic heterocycles. The highest BCUT2D eigenvalue weighted by atomic mass is 32.2. The number of aromatic nitrogens is 1. The largest absolute Gasteiger partial charge is 0.352 e. The van der Waals surface area contributed by atoms with Crippen LogP contribution in [0, 0.1) is 0 Å². The average Bonchev–Trinajstić information content (AvgIpc) is 3.15. The fourth-order valence-electron chi connectivity index (χ4n) is 2.20. The Hall–Kier alpha value is -0.500. The highest BCUT2D eigenvalue weighted by Crippen LogP contribution is 2.46. The number of hydrogen-bond acceptors (Lipinski definition) is 4. The van der Waals surface area contributed by atoms with E-state index in [1.807, 2.05) is 17.9 Å². The first-order valence-corrected chi connectivity index (χ1v) is 10.0. The molecule has 0 aromatic carbocycles. The molecule has 0 radical (unpaired) electrons. The Bertz CT molecular complexity index is 577. The molecule has 1 aliphatic carbocycles. The van der Waals surface area contributed by atoms with Crippen LogP contribution in [0.15, 0.2) is 17.2 Å². The standard InChI is InChI=1S/C14H25N3O2S2/c1-4-7-15-9-12-8-13(10-17(12)2)21(18,19)16-11-14(20-3)5-6-14/h8,10,15-16H,4-7,9,11H2,1-3H3. The first-order valence-electron chi connectivity index (χ1n) is 7.33. The molecular weight excluding hydrogens is 306 g/mol. The third-order valence-corrected chi connectivity index (χ3v) is 6.74. The van der Waals surface area contributed by atoms with E-state index in [0.717, 1.165) is 31.5 Å². The van der Waals surface area contributed by atoms with Crippen molar-refractivity contribution in [1.29, 1.82) is 0 Å². The molecule has 0 unspecified atom stereocenters. The lowest BCUT2D eigenvalue weighted by molar-refractivity contribution is 0.579. The molecule has 1 saturated carbocycles. The number of aryl methyl sites for hydroxylation is 1. The van der Waals surface area contributed by atoms with E-state index in [1.54, 1.807) is 24.0 Å². The first-order chi connectivity index (χ1) is 9.92. The monoisotopic (exact) mass is 331 g/mol. The smallest absolute Gasteiger partial charge is 0.242 e. The van der Waals surface area contributed by atoms with Gasteiger partial charge in [0.2, 0.25) is 10.0 Å². The predicted molar refractivity (Wildman–Crippen MR) is 88.1 cm³/mol. The molecule has 5 nitrogen and oxygen atoms in total. The van der Waals surface area contributed by atoms with Crippen LogP contribution in [0.1, 0.15) is 31.9 Å². The highest BCUT2D eigenvalue weighted by Gasteiger charge is 2.42. The van der Waals surface area contributed by atoms with E-state index < -0.39 is 10.0 Å². The number of nitrogens with zero attached hydrogens (tertiary/aromatic N) is 1. The molecule has 1 heterocycles. The lowest BCUT2D eigenvalue weighted by Crippen LogP contribution is -2.31. The van der Waals surface area contributed by atoms with Crippen molar-refractivity contribution in [2.75, 3.05) is 19.3 Å². The van der Waals surface area contributed by atoms with Gasteiger partial charge in [-0.2, -0.15) is 11.8 Å². The van der Waals surface area contributed by atoms with E-state index in [4.69, 9.17) is 0 Å². The van der Waals surface area contributed by atoms with E-state index in [9.17, 15) is 8.42 Å². The van der Waals surface area contributed by atoms with Crippen LogP contribution in [0.4, 0.5) is 0 Å². The summed E-state index contributed by atoms with van der Waals surface area (Å²) >= 11 is 1.75. The third kappa shape index (κ3) is 4.25. The zero-order valence-electron chi connectivity index (χ0n) is 13.0. The van der Waals surface area contributed by atoms with Crippen molar-refractivity contribution in [1.82, 2.24) is 14.6 Å². The SMILES string of the molecule is CCCNCc1cc(S(=O)(=O)NCC2(SC)CC2)cn1C. The van der Waals surface area contributed by atoms with Crippen molar-refractivity contribution in [3.8, 4) is 0 Å². The highest BCUT2D eigenvalue weighted by molar-refractivity contribution is 8.00. The van der Waals surface area contributed by atoms with E-state index in [-0.39, 0.29) is 4.75 Å². The first kappa shape index (κ1) is 16.9. The molecule has 7 heteroatoms. The lowest BCUT2D eigenvalue weighted by atomic mass is 10.4. The Morgan fingerprint density at radius 2 is 2.14 bits per heavy atom. The molecule has 120 valence electrons. The Morgan fingerprint density at radius 1 is 1.43 bits per heavy atom. The van der Waals surface area contributed by atoms with Gasteiger partial charge in [-0.3, -0.25) is 0 Å². The molecule has 1 aromatic rings. The summed E-state index contributed by atoms with van der Waals surface area (Å²) in [6.07, 6.45) is 6.98. The Morgan fingerprint density at radius 3 is 2.71 bits per heavy atom. The van der Waals surface area contributed by atoms with Crippen molar-refractivity contribution in [2.24, 2.45) is 7.05 Å². The summed E-state index contributed by atoms with van der Waals surface area (Å²) in [7, 11) is -1.53. The summed E-state index contributed by atoms with van der Waals surface area (Å²) in [5, 5.41) is 3.29. The number of rotatable bonds is 9. The predicted octanol–water partition coefficient (Wildman–Crippen LogP) is 1.70. The third-order valence-electron chi connectivity index (χ3n) is 3.95. The Kier molecular flexibility index (Phi) is 5.40. The number of hydrogen-bond donors (Lipinski definition) is 2. The summed E-state index contributed by atoms with van der Waals surface area (Å²) in [4.78, 5) is 0.357. The minimum atomic E-state index is -3.41. The van der Waals surface area contributed by atoms with E-state index in [1.165, 1.54) is 0 Å². The molecule has 1 fully saturated rings. The molecular formula is C14H25N3O2S2. The van der Waals surface area contributed by atoms with Gasteiger partial charge < -0.3 is 9.88 Å². The van der Waals surface area contributed by atoms with Crippen LogP contribution >= 0.6 is 11.8 Å². The average molecular weight is 332 g/mol. The fourth-order valence-corrected chi connectivity index (χ4v) is 4.23. The summed E-state index contributed by atoms with van der Waals surface area (Å²) in [6.45, 7) is 4.25. The van der Waals surface area contributed by atoms with Crippen LogP contribution < -0.4 is 10.0 Å². The second-order valence-corrected chi connectivity index (χ2v) is 8.71. The Balaban J connectivity index is 2.01. The quantitative estimate of drug-likeness (QED) is 0.676. The minimum Gasteiger partial charge on any atom is -0.352 e. The molecule has 0 atom stereocenters. The summed E-state index contributed by atoms with van der Waals surface area (Å²) in [5.41, 5.74) is 0.981. The van der Waals surface area contributed by atoms with Gasteiger partial charge in [-0.25, -0.2) is 13.1 Å². The van der Waals surface area contributed by atoms with Gasteiger partial charge in [0.1, 0.15) is 0 Å². The zero-order valence-corrected chi connectivity index (χ0v) is 14.6. The fraction of sp³-hybridized carbons (Fsp3) is 0.714. The van der Waals surface area contributed by atoms with Crippen molar-refractivity contribution in [3.63, 3.8) is 0 Å². The molecule has 0 amide bonds. The zero-order chi connectivity index (χ0) is 15.5. The molecule has 2 rings (SSSR count). The number of sulfonamides is 1. The number of thioether (sulfide) groups is 1. The van der Waals surface area contributed by atoms with E-state index in [2.05, 4.69) is 17.0 Å². The van der Waals surface area contributed by atoms with Gasteiger partial charge in [-0.05, 0) is 38.1 Å². The maximum atomic E-state index is 12.4. The lowest BCUT2D eigenvalue weighted by Gasteiger charge is -2.12. The van der Waals surface area contributed by atoms with E-state index >= 15 is 0 Å². The van der Waals surface area contributed by atoms with Crippen molar-refractivity contribution < 1.29 is 8.42 Å². The van der Waals surface area contributed by atoms with Gasteiger partial charge in [0, 0.05) is 36.8 Å². The van der Waals surface area contributed by atoms with Gasteiger partial charge in [0.25, 0.3) is 0 Å². The van der Waals surface area contributed by atoms with E-state index in [0.29, 0.717) is 18.0 Å². The van der Waals surface area contributed by atoms with Crippen LogP contribution in [-0.4, -0.2) is 37.1 Å². The second kappa shape index (κ2) is 6.73. The van der Waals surface area contributed by atoms with Gasteiger partial charge in [0.05, 0.1) is 4.90 Å². The Labute approximate surface area is 131 Å². The summed E-state index contributed by atoms with van der Waals surface area (Å²) in [5.74, 6) is 0. The van der Waals surface area contributed by atoms with Crippen molar-refractivity contribution in [3.05, 3.63) is 18.0 Å². The molecule has 0 spiro atoms. The summed E-state index contributed by atoms with van der Waals surface area (Å²) < 4.78 is 29.5. The van der Waals surface area contributed by atoms with Gasteiger partial charge in [-0.15, -0.1) is 0 Å². The molecule has 0 aliphatic heterocycles. The topological polar surface area (TPSA) is 63.1 Å². The van der Waals surface area contributed by atoms with Crippen LogP contribution in [0.3, 0.4) is 0 Å². The number of nitrogens with one attached hydrogen (secondary N) is 2. The molecule has 0 bridgehead atoms. The van der Waals surface area contributed by atoms with Crippen LogP contribution in [0.5, 0.6) is 0 Å². The molecule has 1 aliphatic rings. The van der Waals surface area contributed by atoms with Crippen LogP contribution in [0.25, 0.3) is 0 Å². The normalized spacial score (nSPS) is 17.1. The van der Waals surface area contributed by atoms with Gasteiger partial charge >= 0.3 is 0 Å². The minimum absolute atomic E-state index is 0.132. The molecule has 0 saturated heterocycles. The van der Waals surface area contributed by atoms with Crippen LogP contribution in [0.2, 0.25) is 0 Å². The molecule has 21 heavy (non-hydrogen) atoms. The molecule has 2 N–H and O–H groups in total. The second-order valence-electron chi connectivity index (χ2n) is 5.67. The summed E-state index contributed by atoms with van der Waals surface area (Å²) in [6, 6.07) is 1.75. The van der Waals surface area contributed by atoms with Crippen molar-refractivity contribution >= 4 is 21.8 Å². The van der Waals surface area contributed by atoms with Crippen molar-refractivity contribution in [2.45, 2.75) is 42.4 Å². The van der Waals surface area contributed by atoms with Crippen LogP contribution in [-0.2, 0) is 23.6 Å². The maximum Gasteiger partial charge on any atom is 0.242 e. The maximum absolute atomic E-state index is 12.4. The van der Waals surface area contributed by atoms with Gasteiger partial charge in [-0.1, -0.05) is 6.92 Å². The van der Waals surface area contributed by atoms with Gasteiger partial charge in [0.15, 0.2) is 0 Å².